The topological polar surface area (TPSA) is 75.2 Å². The van der Waals surface area contributed by atoms with Gasteiger partial charge in [-0.3, -0.25) is 0 Å². The van der Waals surface area contributed by atoms with E-state index < -0.39 is 0 Å². The fourth-order valence-corrected chi connectivity index (χ4v) is 1.74. The first-order valence-corrected chi connectivity index (χ1v) is 6.40. The van der Waals surface area contributed by atoms with E-state index in [9.17, 15) is 0 Å². The van der Waals surface area contributed by atoms with Gasteiger partial charge in [-0.2, -0.15) is 15.0 Å². The van der Waals surface area contributed by atoms with E-state index in [4.69, 9.17) is 4.74 Å². The molecule has 1 saturated heterocycles. The molecule has 0 saturated carbocycles. The van der Waals surface area contributed by atoms with Crippen LogP contribution in [0.25, 0.3) is 0 Å². The Kier molecular flexibility index (Phi) is 4.52. The second-order valence-electron chi connectivity index (χ2n) is 3.94. The van der Waals surface area contributed by atoms with Gasteiger partial charge in [-0.05, 0) is 13.8 Å². The third kappa shape index (κ3) is 3.19. The first kappa shape index (κ1) is 12.8. The zero-order valence-corrected chi connectivity index (χ0v) is 10.9. The molecular weight excluding hydrogens is 232 g/mol. The molecule has 2 rings (SSSR count). The highest BCUT2D eigenvalue weighted by Gasteiger charge is 2.16. The molecule has 2 heterocycles. The fraction of sp³-hybridized carbons (Fsp3) is 0.727. The zero-order chi connectivity index (χ0) is 12.8. The molecule has 0 spiro atoms. The maximum absolute atomic E-state index is 5.33. The predicted octanol–water partition coefficient (Wildman–Crippen LogP) is 0.572. The predicted molar refractivity (Wildman–Crippen MR) is 71.2 cm³/mol. The summed E-state index contributed by atoms with van der Waals surface area (Å²) in [5.74, 6) is 1.94. The Morgan fingerprint density at radius 3 is 2.06 bits per heavy atom. The first-order chi connectivity index (χ1) is 8.83. The van der Waals surface area contributed by atoms with Crippen LogP contribution < -0.4 is 15.5 Å². The molecule has 1 aliphatic heterocycles. The maximum atomic E-state index is 5.33. The van der Waals surface area contributed by atoms with E-state index >= 15 is 0 Å². The molecule has 7 nitrogen and oxygen atoms in total. The summed E-state index contributed by atoms with van der Waals surface area (Å²) in [6.45, 7) is 8.70. The van der Waals surface area contributed by atoms with Gasteiger partial charge in [0.25, 0.3) is 0 Å². The summed E-state index contributed by atoms with van der Waals surface area (Å²) in [7, 11) is 0. The highest BCUT2D eigenvalue weighted by molar-refractivity contribution is 5.43. The molecule has 0 unspecified atom stereocenters. The Labute approximate surface area is 107 Å². The van der Waals surface area contributed by atoms with Gasteiger partial charge < -0.3 is 20.3 Å². The van der Waals surface area contributed by atoms with Gasteiger partial charge >= 0.3 is 0 Å². The summed E-state index contributed by atoms with van der Waals surface area (Å²) >= 11 is 0. The Hall–Kier alpha value is -1.63. The van der Waals surface area contributed by atoms with Crippen LogP contribution in [0.3, 0.4) is 0 Å². The van der Waals surface area contributed by atoms with Crippen LogP contribution in [0.15, 0.2) is 0 Å². The molecule has 1 aromatic heterocycles. The number of nitrogens with zero attached hydrogens (tertiary/aromatic N) is 4. The highest BCUT2D eigenvalue weighted by Crippen LogP contribution is 2.14. The fourth-order valence-electron chi connectivity index (χ4n) is 1.74. The zero-order valence-electron chi connectivity index (χ0n) is 10.9. The second kappa shape index (κ2) is 6.34. The van der Waals surface area contributed by atoms with Gasteiger partial charge in [0.2, 0.25) is 17.8 Å². The number of morpholine rings is 1. The minimum absolute atomic E-state index is 0.616. The normalized spacial score (nSPS) is 15.6. The smallest absolute Gasteiger partial charge is 0.232 e. The molecule has 0 atom stereocenters. The molecule has 0 aromatic carbocycles. The van der Waals surface area contributed by atoms with Gasteiger partial charge in [0.05, 0.1) is 13.2 Å². The molecule has 18 heavy (non-hydrogen) atoms. The standard InChI is InChI=1S/C11H20N6O/c1-3-12-9-14-10(13-4-2)16-11(15-9)17-5-7-18-8-6-17/h3-8H2,1-2H3,(H2,12,13,14,15,16). The lowest BCUT2D eigenvalue weighted by molar-refractivity contribution is 0.122. The Morgan fingerprint density at radius 2 is 1.56 bits per heavy atom. The summed E-state index contributed by atoms with van der Waals surface area (Å²) in [5.41, 5.74) is 0. The summed E-state index contributed by atoms with van der Waals surface area (Å²) in [5, 5.41) is 6.25. The molecular formula is C11H20N6O. The van der Waals surface area contributed by atoms with Crippen molar-refractivity contribution in [3.8, 4) is 0 Å². The average molecular weight is 252 g/mol. The van der Waals surface area contributed by atoms with E-state index in [-0.39, 0.29) is 0 Å². The van der Waals surface area contributed by atoms with Crippen molar-refractivity contribution in [2.24, 2.45) is 0 Å². The minimum atomic E-state index is 0.616. The lowest BCUT2D eigenvalue weighted by Gasteiger charge is -2.27. The largest absolute Gasteiger partial charge is 0.378 e. The number of hydrogen-bond acceptors (Lipinski definition) is 7. The summed E-state index contributed by atoms with van der Waals surface area (Å²) in [4.78, 5) is 15.3. The van der Waals surface area contributed by atoms with Crippen LogP contribution in [-0.2, 0) is 4.74 Å². The number of rotatable bonds is 5. The summed E-state index contributed by atoms with van der Waals surface area (Å²) in [6.07, 6.45) is 0. The van der Waals surface area contributed by atoms with Crippen LogP contribution in [0.5, 0.6) is 0 Å². The van der Waals surface area contributed by atoms with Crippen molar-refractivity contribution in [1.29, 1.82) is 0 Å². The van der Waals surface area contributed by atoms with Crippen molar-refractivity contribution in [1.82, 2.24) is 15.0 Å². The Bertz CT molecular complexity index is 356. The van der Waals surface area contributed by atoms with Gasteiger partial charge in [0.15, 0.2) is 0 Å². The first-order valence-electron chi connectivity index (χ1n) is 6.40. The molecule has 0 bridgehead atoms. The lowest BCUT2D eigenvalue weighted by atomic mass is 10.4. The van der Waals surface area contributed by atoms with Crippen molar-refractivity contribution in [2.45, 2.75) is 13.8 Å². The van der Waals surface area contributed by atoms with Crippen LogP contribution in [0, 0.1) is 0 Å². The third-order valence-corrected chi connectivity index (χ3v) is 2.59. The van der Waals surface area contributed by atoms with Gasteiger partial charge in [-0.25, -0.2) is 0 Å². The van der Waals surface area contributed by atoms with E-state index in [1.165, 1.54) is 0 Å². The maximum Gasteiger partial charge on any atom is 0.232 e. The van der Waals surface area contributed by atoms with Crippen LogP contribution in [0.4, 0.5) is 17.8 Å². The molecule has 7 heteroatoms. The van der Waals surface area contributed by atoms with Crippen LogP contribution >= 0.6 is 0 Å². The van der Waals surface area contributed by atoms with Gasteiger partial charge in [-0.1, -0.05) is 0 Å². The molecule has 1 fully saturated rings. The van der Waals surface area contributed by atoms with Crippen LogP contribution in [0.1, 0.15) is 13.8 Å². The van der Waals surface area contributed by atoms with Crippen molar-refractivity contribution >= 4 is 17.8 Å². The Balaban J connectivity index is 2.20. The summed E-state index contributed by atoms with van der Waals surface area (Å²) in [6, 6.07) is 0. The molecule has 1 aliphatic rings. The molecule has 100 valence electrons. The van der Waals surface area contributed by atoms with E-state index in [0.717, 1.165) is 39.4 Å². The molecule has 0 radical (unpaired) electrons. The number of nitrogens with one attached hydrogen (secondary N) is 2. The van der Waals surface area contributed by atoms with Gasteiger partial charge in [0.1, 0.15) is 0 Å². The second-order valence-corrected chi connectivity index (χ2v) is 3.94. The number of anilines is 3. The third-order valence-electron chi connectivity index (χ3n) is 2.59. The number of ether oxygens (including phenoxy) is 1. The van der Waals surface area contributed by atoms with E-state index in [1.807, 2.05) is 13.8 Å². The van der Waals surface area contributed by atoms with Crippen LogP contribution in [-0.4, -0.2) is 54.3 Å². The minimum Gasteiger partial charge on any atom is -0.378 e. The van der Waals surface area contributed by atoms with E-state index in [1.54, 1.807) is 0 Å². The van der Waals surface area contributed by atoms with Crippen LogP contribution in [0.2, 0.25) is 0 Å². The van der Waals surface area contributed by atoms with E-state index in [0.29, 0.717) is 17.8 Å². The average Bonchev–Trinajstić information content (AvgIpc) is 2.40. The molecule has 1 aromatic rings. The van der Waals surface area contributed by atoms with Gasteiger partial charge in [-0.15, -0.1) is 0 Å². The lowest BCUT2D eigenvalue weighted by Crippen LogP contribution is -2.37. The van der Waals surface area contributed by atoms with Crippen molar-refractivity contribution < 1.29 is 4.74 Å². The molecule has 0 amide bonds. The molecule has 0 aliphatic carbocycles. The Morgan fingerprint density at radius 1 is 1.00 bits per heavy atom. The quantitative estimate of drug-likeness (QED) is 0.793. The number of hydrogen-bond donors (Lipinski definition) is 2. The van der Waals surface area contributed by atoms with Crippen molar-refractivity contribution in [2.75, 3.05) is 54.9 Å². The SMILES string of the molecule is CCNc1nc(NCC)nc(N2CCOCC2)n1. The highest BCUT2D eigenvalue weighted by atomic mass is 16.5. The van der Waals surface area contributed by atoms with Crippen molar-refractivity contribution in [3.63, 3.8) is 0 Å². The monoisotopic (exact) mass is 252 g/mol. The van der Waals surface area contributed by atoms with E-state index in [2.05, 4.69) is 30.5 Å². The summed E-state index contributed by atoms with van der Waals surface area (Å²) < 4.78 is 5.33. The number of aromatic nitrogens is 3. The molecule has 2 N–H and O–H groups in total. The van der Waals surface area contributed by atoms with Crippen molar-refractivity contribution in [3.05, 3.63) is 0 Å². The van der Waals surface area contributed by atoms with Gasteiger partial charge in [0, 0.05) is 26.2 Å².